The minimum absolute atomic E-state index is 0. The zero-order valence-corrected chi connectivity index (χ0v) is 8.21. The summed E-state index contributed by atoms with van der Waals surface area (Å²) in [6.45, 7) is 0. The molecule has 1 aromatic rings. The first-order valence-corrected chi connectivity index (χ1v) is 3.90. The zero-order valence-electron chi connectivity index (χ0n) is 6.58. The summed E-state index contributed by atoms with van der Waals surface area (Å²) in [5.41, 5.74) is 8.92. The summed E-state index contributed by atoms with van der Waals surface area (Å²) in [7, 11) is 0. The Balaban J connectivity index is 0.00000169. The number of hydrogen-bond acceptors (Lipinski definition) is 3. The lowest BCUT2D eigenvalue weighted by Crippen LogP contribution is -2.21. The standard InChI is InChI=1S/C5H5F3N4S.ClH/c6-5(7,8)2-1-13-4(11-2)12-3(9)10;/h1H,(H4,9,10,11,12);1H. The maximum absolute atomic E-state index is 12.0. The molecule has 0 atom stereocenters. The van der Waals surface area contributed by atoms with Gasteiger partial charge in [0, 0.05) is 5.38 Å². The van der Waals surface area contributed by atoms with Gasteiger partial charge in [0.1, 0.15) is 0 Å². The molecule has 4 nitrogen and oxygen atoms in total. The van der Waals surface area contributed by atoms with E-state index in [1.165, 1.54) is 0 Å². The number of aromatic nitrogens is 1. The molecule has 1 rings (SSSR count). The minimum Gasteiger partial charge on any atom is -0.370 e. The van der Waals surface area contributed by atoms with E-state index in [-0.39, 0.29) is 23.5 Å². The Labute approximate surface area is 87.2 Å². The van der Waals surface area contributed by atoms with Gasteiger partial charge in [0.15, 0.2) is 11.7 Å². The molecular formula is C5H6ClF3N4S. The van der Waals surface area contributed by atoms with Gasteiger partial charge < -0.3 is 11.5 Å². The highest BCUT2D eigenvalue weighted by molar-refractivity contribution is 7.13. The van der Waals surface area contributed by atoms with Crippen LogP contribution in [0.1, 0.15) is 5.69 Å². The van der Waals surface area contributed by atoms with Gasteiger partial charge >= 0.3 is 6.18 Å². The second-order valence-electron chi connectivity index (χ2n) is 2.05. The van der Waals surface area contributed by atoms with E-state index in [1.807, 2.05) is 0 Å². The van der Waals surface area contributed by atoms with Crippen molar-refractivity contribution in [1.82, 2.24) is 4.98 Å². The van der Waals surface area contributed by atoms with Gasteiger partial charge in [-0.25, -0.2) is 4.98 Å². The summed E-state index contributed by atoms with van der Waals surface area (Å²) < 4.78 is 35.9. The van der Waals surface area contributed by atoms with Crippen molar-refractivity contribution in [2.75, 3.05) is 0 Å². The normalized spacial score (nSPS) is 10.5. The van der Waals surface area contributed by atoms with Gasteiger partial charge in [-0.3, -0.25) is 0 Å². The molecule has 0 unspecified atom stereocenters. The molecule has 4 N–H and O–H groups in total. The van der Waals surface area contributed by atoms with Crippen molar-refractivity contribution in [2.45, 2.75) is 6.18 Å². The molecule has 0 aromatic carbocycles. The van der Waals surface area contributed by atoms with Crippen LogP contribution < -0.4 is 11.5 Å². The molecule has 9 heteroatoms. The molecule has 80 valence electrons. The second kappa shape index (κ2) is 4.47. The van der Waals surface area contributed by atoms with Gasteiger partial charge in [-0.1, -0.05) is 0 Å². The molecule has 0 aliphatic rings. The highest BCUT2D eigenvalue weighted by Crippen LogP contribution is 2.32. The van der Waals surface area contributed by atoms with E-state index >= 15 is 0 Å². The van der Waals surface area contributed by atoms with Crippen LogP contribution in [0.25, 0.3) is 0 Å². The van der Waals surface area contributed by atoms with Crippen molar-refractivity contribution >= 4 is 34.8 Å². The fourth-order valence-corrected chi connectivity index (χ4v) is 1.27. The predicted molar refractivity (Wildman–Crippen MR) is 49.8 cm³/mol. The molecule has 0 amide bonds. The Morgan fingerprint density at radius 1 is 1.43 bits per heavy atom. The van der Waals surface area contributed by atoms with Crippen molar-refractivity contribution in [3.8, 4) is 0 Å². The lowest BCUT2D eigenvalue weighted by atomic mass is 10.5. The van der Waals surface area contributed by atoms with Crippen LogP contribution in [0.4, 0.5) is 18.3 Å². The number of nitrogens with zero attached hydrogens (tertiary/aromatic N) is 2. The Hall–Kier alpha value is -1.02. The van der Waals surface area contributed by atoms with E-state index in [1.54, 1.807) is 0 Å². The average molecular weight is 247 g/mol. The first kappa shape index (κ1) is 13.0. The topological polar surface area (TPSA) is 77.3 Å². The SMILES string of the molecule is Cl.NC(N)=Nc1nc(C(F)(F)F)cs1. The number of halogens is 4. The first-order chi connectivity index (χ1) is 5.89. The third kappa shape index (κ3) is 3.38. The maximum atomic E-state index is 12.0. The van der Waals surface area contributed by atoms with Crippen LogP contribution in [-0.4, -0.2) is 10.9 Å². The summed E-state index contributed by atoms with van der Waals surface area (Å²) >= 11 is 0.726. The predicted octanol–water partition coefficient (Wildman–Crippen LogP) is 1.49. The van der Waals surface area contributed by atoms with Crippen molar-refractivity contribution < 1.29 is 13.2 Å². The lowest BCUT2D eigenvalue weighted by molar-refractivity contribution is -0.140. The van der Waals surface area contributed by atoms with E-state index in [0.29, 0.717) is 0 Å². The molecule has 0 saturated carbocycles. The number of thiazole rings is 1. The number of alkyl halides is 3. The average Bonchev–Trinajstić information content (AvgIpc) is 2.32. The van der Waals surface area contributed by atoms with E-state index in [9.17, 15) is 13.2 Å². The molecule has 0 aliphatic carbocycles. The van der Waals surface area contributed by atoms with Crippen LogP contribution in [0, 0.1) is 0 Å². The van der Waals surface area contributed by atoms with E-state index in [2.05, 4.69) is 9.98 Å². The summed E-state index contributed by atoms with van der Waals surface area (Å²) in [5.74, 6) is -0.317. The number of aliphatic imine (C=N–C) groups is 1. The third-order valence-corrected chi connectivity index (χ3v) is 1.74. The lowest BCUT2D eigenvalue weighted by Gasteiger charge is -1.98. The van der Waals surface area contributed by atoms with Gasteiger partial charge in [0.05, 0.1) is 0 Å². The van der Waals surface area contributed by atoms with Crippen molar-refractivity contribution in [3.63, 3.8) is 0 Å². The fraction of sp³-hybridized carbons (Fsp3) is 0.200. The molecule has 14 heavy (non-hydrogen) atoms. The van der Waals surface area contributed by atoms with E-state index in [4.69, 9.17) is 11.5 Å². The number of rotatable bonds is 1. The van der Waals surface area contributed by atoms with E-state index < -0.39 is 11.9 Å². The van der Waals surface area contributed by atoms with Crippen molar-refractivity contribution in [3.05, 3.63) is 11.1 Å². The van der Waals surface area contributed by atoms with Crippen LogP contribution >= 0.6 is 23.7 Å². The Kier molecular flexibility index (Phi) is 4.14. The molecular weight excluding hydrogens is 241 g/mol. The zero-order chi connectivity index (χ0) is 10.1. The van der Waals surface area contributed by atoms with Crippen molar-refractivity contribution in [1.29, 1.82) is 0 Å². The largest absolute Gasteiger partial charge is 0.434 e. The molecule has 0 fully saturated rings. The molecule has 0 spiro atoms. The second-order valence-corrected chi connectivity index (χ2v) is 2.89. The third-order valence-electron chi connectivity index (χ3n) is 1.01. The van der Waals surface area contributed by atoms with Crippen LogP contribution in [0.15, 0.2) is 10.4 Å². The minimum atomic E-state index is -4.45. The first-order valence-electron chi connectivity index (χ1n) is 3.02. The summed E-state index contributed by atoms with van der Waals surface area (Å²) in [6, 6.07) is 0. The molecule has 1 aromatic heterocycles. The highest BCUT2D eigenvalue weighted by Gasteiger charge is 2.33. The molecule has 0 bridgehead atoms. The Morgan fingerprint density at radius 2 is 2.00 bits per heavy atom. The molecule has 1 heterocycles. The van der Waals surface area contributed by atoms with Crippen molar-refractivity contribution in [2.24, 2.45) is 16.5 Å². The fourth-order valence-electron chi connectivity index (χ4n) is 0.556. The quantitative estimate of drug-likeness (QED) is 0.582. The molecule has 0 saturated heterocycles. The Morgan fingerprint density at radius 3 is 2.36 bits per heavy atom. The van der Waals surface area contributed by atoms with Crippen LogP contribution in [0.5, 0.6) is 0 Å². The molecule has 0 radical (unpaired) electrons. The van der Waals surface area contributed by atoms with Gasteiger partial charge in [-0.2, -0.15) is 18.2 Å². The number of guanidine groups is 1. The van der Waals surface area contributed by atoms with Crippen LogP contribution in [0.3, 0.4) is 0 Å². The summed E-state index contributed by atoms with van der Waals surface area (Å²) in [5, 5.41) is 0.745. The maximum Gasteiger partial charge on any atom is 0.434 e. The van der Waals surface area contributed by atoms with Crippen LogP contribution in [0.2, 0.25) is 0 Å². The van der Waals surface area contributed by atoms with Gasteiger partial charge in [-0.05, 0) is 0 Å². The van der Waals surface area contributed by atoms with Gasteiger partial charge in [0.25, 0.3) is 0 Å². The molecule has 0 aliphatic heterocycles. The van der Waals surface area contributed by atoms with Gasteiger partial charge in [-0.15, -0.1) is 23.7 Å². The smallest absolute Gasteiger partial charge is 0.370 e. The van der Waals surface area contributed by atoms with Crippen LogP contribution in [-0.2, 0) is 6.18 Å². The Bertz CT molecular complexity index is 330. The number of hydrogen-bond donors (Lipinski definition) is 2. The highest BCUT2D eigenvalue weighted by atomic mass is 35.5. The van der Waals surface area contributed by atoms with E-state index in [0.717, 1.165) is 16.7 Å². The van der Waals surface area contributed by atoms with Gasteiger partial charge in [0.2, 0.25) is 5.13 Å². The summed E-state index contributed by atoms with van der Waals surface area (Å²) in [4.78, 5) is 6.54. The summed E-state index contributed by atoms with van der Waals surface area (Å²) in [6.07, 6.45) is -4.45. The number of nitrogens with two attached hydrogens (primary N) is 2. The monoisotopic (exact) mass is 246 g/mol.